The minimum absolute atomic E-state index is 0.0418. The van der Waals surface area contributed by atoms with Crippen molar-refractivity contribution in [2.75, 3.05) is 27.8 Å². The predicted molar refractivity (Wildman–Crippen MR) is 98.2 cm³/mol. The van der Waals surface area contributed by atoms with Crippen LogP contribution in [0.4, 0.5) is 0 Å². The fraction of sp³-hybridized carbons (Fsp3) is 0.350. The lowest BCUT2D eigenvalue weighted by molar-refractivity contribution is -0.0440. The molecule has 0 radical (unpaired) electrons. The van der Waals surface area contributed by atoms with Gasteiger partial charge in [-0.05, 0) is 24.3 Å². The van der Waals surface area contributed by atoms with Crippen LogP contribution in [-0.2, 0) is 9.47 Å². The number of rotatable bonds is 8. The van der Waals surface area contributed by atoms with E-state index in [0.29, 0.717) is 17.2 Å². The molecule has 2 aromatic carbocycles. The summed E-state index contributed by atoms with van der Waals surface area (Å²) >= 11 is 0. The third-order valence-electron chi connectivity index (χ3n) is 3.70. The molecule has 0 bridgehead atoms. The van der Waals surface area contributed by atoms with E-state index in [2.05, 4.69) is 0 Å². The molecule has 0 amide bonds. The normalized spacial score (nSPS) is 13.9. The van der Waals surface area contributed by atoms with Crippen molar-refractivity contribution in [3.8, 4) is 28.7 Å². The number of methoxy groups -OCH3 is 2. The SMILES string of the molecule is COCOc1ccc(C(=O)Oc2cccc3c2OC(C)(C)O3)c(OCOC)c1. The van der Waals surface area contributed by atoms with E-state index in [9.17, 15) is 4.79 Å². The fourth-order valence-corrected chi connectivity index (χ4v) is 2.57. The molecular weight excluding hydrogens is 368 g/mol. The molecule has 0 spiro atoms. The Labute approximate surface area is 162 Å². The number of esters is 1. The molecule has 2 aromatic rings. The Balaban J connectivity index is 1.84. The van der Waals surface area contributed by atoms with E-state index < -0.39 is 11.8 Å². The van der Waals surface area contributed by atoms with Gasteiger partial charge in [0.25, 0.3) is 0 Å². The van der Waals surface area contributed by atoms with Gasteiger partial charge in [0.15, 0.2) is 25.1 Å². The van der Waals surface area contributed by atoms with Crippen LogP contribution in [0.15, 0.2) is 36.4 Å². The second kappa shape index (κ2) is 8.37. The predicted octanol–water partition coefficient (Wildman–Crippen LogP) is 3.38. The highest BCUT2D eigenvalue weighted by Gasteiger charge is 2.34. The van der Waals surface area contributed by atoms with E-state index in [1.807, 2.05) is 0 Å². The second-order valence-electron chi connectivity index (χ2n) is 6.34. The summed E-state index contributed by atoms with van der Waals surface area (Å²) in [6, 6.07) is 9.82. The monoisotopic (exact) mass is 390 g/mol. The van der Waals surface area contributed by atoms with Gasteiger partial charge >= 0.3 is 5.97 Å². The van der Waals surface area contributed by atoms with Crippen LogP contribution in [0.5, 0.6) is 28.7 Å². The highest BCUT2D eigenvalue weighted by Crippen LogP contribution is 2.46. The van der Waals surface area contributed by atoms with Crippen LogP contribution in [0.1, 0.15) is 24.2 Å². The Kier molecular flexibility index (Phi) is 5.91. The zero-order valence-electron chi connectivity index (χ0n) is 16.1. The van der Waals surface area contributed by atoms with Crippen LogP contribution in [-0.4, -0.2) is 39.6 Å². The average molecular weight is 390 g/mol. The zero-order valence-corrected chi connectivity index (χ0v) is 16.1. The molecule has 1 heterocycles. The Morgan fingerprint density at radius 2 is 1.71 bits per heavy atom. The van der Waals surface area contributed by atoms with E-state index >= 15 is 0 Å². The van der Waals surface area contributed by atoms with E-state index in [1.165, 1.54) is 14.2 Å². The standard InChI is InChI=1S/C20H22O8/c1-20(2)27-16-7-5-6-15(18(16)28-20)26-19(21)14-9-8-13(24-11-22-3)10-17(14)25-12-23-4/h5-10H,11-12H2,1-4H3. The number of fused-ring (bicyclic) bond motifs is 1. The van der Waals surface area contributed by atoms with E-state index in [0.717, 1.165) is 0 Å². The Bertz CT molecular complexity index is 846. The van der Waals surface area contributed by atoms with Crippen molar-refractivity contribution in [1.29, 1.82) is 0 Å². The van der Waals surface area contributed by atoms with Crippen molar-refractivity contribution < 1.29 is 38.0 Å². The maximum Gasteiger partial charge on any atom is 0.347 e. The van der Waals surface area contributed by atoms with Crippen LogP contribution >= 0.6 is 0 Å². The van der Waals surface area contributed by atoms with E-state index in [4.69, 9.17) is 33.2 Å². The first kappa shape index (κ1) is 19.8. The fourth-order valence-electron chi connectivity index (χ4n) is 2.57. The van der Waals surface area contributed by atoms with Gasteiger partial charge in [0.1, 0.15) is 17.1 Å². The van der Waals surface area contributed by atoms with Gasteiger partial charge in [0.2, 0.25) is 11.5 Å². The molecule has 0 atom stereocenters. The lowest BCUT2D eigenvalue weighted by atomic mass is 10.2. The number of para-hydroxylation sites is 1. The van der Waals surface area contributed by atoms with Gasteiger partial charge in [0.05, 0.1) is 0 Å². The molecule has 0 unspecified atom stereocenters. The molecule has 0 aromatic heterocycles. The van der Waals surface area contributed by atoms with Crippen LogP contribution in [0.2, 0.25) is 0 Å². The number of carbonyl (C=O) groups excluding carboxylic acids is 1. The molecule has 0 fully saturated rings. The smallest absolute Gasteiger partial charge is 0.347 e. The van der Waals surface area contributed by atoms with Crippen LogP contribution in [0, 0.1) is 0 Å². The Morgan fingerprint density at radius 1 is 0.964 bits per heavy atom. The van der Waals surface area contributed by atoms with Crippen molar-refractivity contribution in [3.05, 3.63) is 42.0 Å². The first-order valence-electron chi connectivity index (χ1n) is 8.54. The maximum absolute atomic E-state index is 12.8. The van der Waals surface area contributed by atoms with Crippen molar-refractivity contribution in [1.82, 2.24) is 0 Å². The number of hydrogen-bond acceptors (Lipinski definition) is 8. The first-order chi connectivity index (χ1) is 13.4. The van der Waals surface area contributed by atoms with Gasteiger partial charge in [-0.15, -0.1) is 0 Å². The summed E-state index contributed by atoms with van der Waals surface area (Å²) in [5.74, 6) is 0.415. The third kappa shape index (κ3) is 4.47. The zero-order chi connectivity index (χ0) is 20.1. The van der Waals surface area contributed by atoms with Gasteiger partial charge in [-0.3, -0.25) is 0 Å². The highest BCUT2D eigenvalue weighted by atomic mass is 16.7. The summed E-state index contributed by atoms with van der Waals surface area (Å²) in [7, 11) is 3.00. The van der Waals surface area contributed by atoms with E-state index in [1.54, 1.807) is 50.2 Å². The largest absolute Gasteiger partial charge is 0.467 e. The van der Waals surface area contributed by atoms with Gasteiger partial charge in [-0.2, -0.15) is 0 Å². The molecule has 150 valence electrons. The Hall–Kier alpha value is -2.97. The summed E-state index contributed by atoms with van der Waals surface area (Å²) < 4.78 is 37.6. The van der Waals surface area contributed by atoms with Crippen LogP contribution in [0.3, 0.4) is 0 Å². The van der Waals surface area contributed by atoms with Crippen LogP contribution < -0.4 is 23.7 Å². The summed E-state index contributed by atoms with van der Waals surface area (Å²) in [5.41, 5.74) is 0.206. The minimum Gasteiger partial charge on any atom is -0.467 e. The van der Waals surface area contributed by atoms with Crippen molar-refractivity contribution >= 4 is 5.97 Å². The summed E-state index contributed by atoms with van der Waals surface area (Å²) in [5, 5.41) is 0. The molecule has 0 saturated carbocycles. The molecule has 3 rings (SSSR count). The lowest BCUT2D eigenvalue weighted by Crippen LogP contribution is -2.29. The molecule has 0 N–H and O–H groups in total. The first-order valence-corrected chi connectivity index (χ1v) is 8.54. The molecular formula is C20H22O8. The van der Waals surface area contributed by atoms with Gasteiger partial charge < -0.3 is 33.2 Å². The van der Waals surface area contributed by atoms with Gasteiger partial charge in [-0.1, -0.05) is 6.07 Å². The van der Waals surface area contributed by atoms with Gasteiger partial charge in [0, 0.05) is 34.1 Å². The van der Waals surface area contributed by atoms with Crippen molar-refractivity contribution in [2.45, 2.75) is 19.6 Å². The summed E-state index contributed by atoms with van der Waals surface area (Å²) in [6.07, 6.45) is 0. The second-order valence-corrected chi connectivity index (χ2v) is 6.34. The summed E-state index contributed by atoms with van der Waals surface area (Å²) in [6.45, 7) is 3.57. The maximum atomic E-state index is 12.8. The molecule has 8 heteroatoms. The van der Waals surface area contributed by atoms with Crippen molar-refractivity contribution in [2.24, 2.45) is 0 Å². The Morgan fingerprint density at radius 3 is 2.46 bits per heavy atom. The molecule has 0 aliphatic carbocycles. The van der Waals surface area contributed by atoms with Crippen molar-refractivity contribution in [3.63, 3.8) is 0 Å². The average Bonchev–Trinajstić information content (AvgIpc) is 2.99. The van der Waals surface area contributed by atoms with Crippen LogP contribution in [0.25, 0.3) is 0 Å². The molecule has 8 nitrogen and oxygen atoms in total. The minimum atomic E-state index is -0.835. The number of ether oxygens (including phenoxy) is 7. The topological polar surface area (TPSA) is 81.7 Å². The highest BCUT2D eigenvalue weighted by molar-refractivity contribution is 5.94. The lowest BCUT2D eigenvalue weighted by Gasteiger charge is -2.16. The van der Waals surface area contributed by atoms with Gasteiger partial charge in [-0.25, -0.2) is 4.79 Å². The third-order valence-corrected chi connectivity index (χ3v) is 3.70. The van der Waals surface area contributed by atoms with E-state index in [-0.39, 0.29) is 30.6 Å². The number of hydrogen-bond donors (Lipinski definition) is 0. The summed E-state index contributed by atoms with van der Waals surface area (Å²) in [4.78, 5) is 12.8. The molecule has 1 aliphatic rings. The quantitative estimate of drug-likeness (QED) is 0.385. The molecule has 1 aliphatic heterocycles. The number of carbonyl (C=O) groups is 1. The molecule has 0 saturated heterocycles. The molecule has 28 heavy (non-hydrogen) atoms. The number of benzene rings is 2.